The zero-order valence-electron chi connectivity index (χ0n) is 14.2. The van der Waals surface area contributed by atoms with Crippen LogP contribution >= 0.6 is 0 Å². The first kappa shape index (κ1) is 17.1. The standard InChI is InChI=1S/C19H21N3O3/c1-14-4-2-3-5-16(14)13-21-18(23)15-6-7-20-17(12-15)19(24)22-8-10-25-11-9-22/h2-7,12H,8-11,13H2,1H3,(H,21,23). The number of ether oxygens (including phenoxy) is 1. The Morgan fingerprint density at radius 1 is 1.20 bits per heavy atom. The monoisotopic (exact) mass is 339 g/mol. The molecule has 1 N–H and O–H groups in total. The molecule has 1 fully saturated rings. The predicted molar refractivity (Wildman–Crippen MR) is 93.3 cm³/mol. The van der Waals surface area contributed by atoms with Crippen LogP contribution in [0, 0.1) is 6.92 Å². The lowest BCUT2D eigenvalue weighted by Crippen LogP contribution is -2.41. The Hall–Kier alpha value is -2.73. The van der Waals surface area contributed by atoms with Gasteiger partial charge in [0.25, 0.3) is 11.8 Å². The van der Waals surface area contributed by atoms with Gasteiger partial charge in [-0.05, 0) is 30.2 Å². The van der Waals surface area contributed by atoms with E-state index in [0.717, 1.165) is 11.1 Å². The molecule has 1 aliphatic heterocycles. The number of nitrogens with one attached hydrogen (secondary N) is 1. The van der Waals surface area contributed by atoms with Gasteiger partial charge in [-0.2, -0.15) is 0 Å². The molecule has 1 saturated heterocycles. The van der Waals surface area contributed by atoms with E-state index in [2.05, 4.69) is 10.3 Å². The molecule has 1 aliphatic rings. The van der Waals surface area contributed by atoms with Crippen molar-refractivity contribution < 1.29 is 14.3 Å². The van der Waals surface area contributed by atoms with Gasteiger partial charge in [-0.15, -0.1) is 0 Å². The third-order valence-electron chi connectivity index (χ3n) is 4.24. The van der Waals surface area contributed by atoms with Crippen molar-refractivity contribution in [2.45, 2.75) is 13.5 Å². The molecule has 130 valence electrons. The molecule has 2 aromatic rings. The van der Waals surface area contributed by atoms with Gasteiger partial charge in [0, 0.05) is 31.4 Å². The van der Waals surface area contributed by atoms with E-state index >= 15 is 0 Å². The van der Waals surface area contributed by atoms with Crippen molar-refractivity contribution >= 4 is 11.8 Å². The molecule has 2 heterocycles. The summed E-state index contributed by atoms with van der Waals surface area (Å²) in [5, 5.41) is 2.89. The van der Waals surface area contributed by atoms with Gasteiger partial charge in [-0.1, -0.05) is 24.3 Å². The number of rotatable bonds is 4. The summed E-state index contributed by atoms with van der Waals surface area (Å²) in [6.45, 7) is 4.60. The number of hydrogen-bond acceptors (Lipinski definition) is 4. The van der Waals surface area contributed by atoms with E-state index in [1.807, 2.05) is 31.2 Å². The van der Waals surface area contributed by atoms with E-state index in [1.165, 1.54) is 6.20 Å². The third kappa shape index (κ3) is 4.22. The Labute approximate surface area is 146 Å². The summed E-state index contributed by atoms with van der Waals surface area (Å²) in [6, 6.07) is 11.1. The summed E-state index contributed by atoms with van der Waals surface area (Å²) in [5.41, 5.74) is 2.90. The molecule has 0 unspecified atom stereocenters. The highest BCUT2D eigenvalue weighted by Crippen LogP contribution is 2.09. The number of aromatic nitrogens is 1. The highest BCUT2D eigenvalue weighted by atomic mass is 16.5. The number of hydrogen-bond donors (Lipinski definition) is 1. The molecule has 2 amide bonds. The molecule has 6 nitrogen and oxygen atoms in total. The first-order valence-corrected chi connectivity index (χ1v) is 8.31. The number of amides is 2. The first-order chi connectivity index (χ1) is 12.1. The normalized spacial score (nSPS) is 14.2. The van der Waals surface area contributed by atoms with Crippen LogP contribution in [0.2, 0.25) is 0 Å². The van der Waals surface area contributed by atoms with E-state index in [9.17, 15) is 9.59 Å². The summed E-state index contributed by atoms with van der Waals surface area (Å²) in [4.78, 5) is 30.7. The van der Waals surface area contributed by atoms with E-state index in [4.69, 9.17) is 4.74 Å². The van der Waals surface area contributed by atoms with Gasteiger partial charge in [0.15, 0.2) is 0 Å². The lowest BCUT2D eigenvalue weighted by atomic mass is 10.1. The van der Waals surface area contributed by atoms with Crippen molar-refractivity contribution in [2.75, 3.05) is 26.3 Å². The summed E-state index contributed by atoms with van der Waals surface area (Å²) in [7, 11) is 0. The highest BCUT2D eigenvalue weighted by molar-refractivity contribution is 5.98. The third-order valence-corrected chi connectivity index (χ3v) is 4.24. The van der Waals surface area contributed by atoms with Gasteiger partial charge in [-0.25, -0.2) is 0 Å². The number of aryl methyl sites for hydroxylation is 1. The Balaban J connectivity index is 1.67. The molecule has 0 aliphatic carbocycles. The average Bonchev–Trinajstić information content (AvgIpc) is 2.67. The second-order valence-electron chi connectivity index (χ2n) is 5.94. The fraction of sp³-hybridized carbons (Fsp3) is 0.316. The fourth-order valence-corrected chi connectivity index (χ4v) is 2.70. The van der Waals surface area contributed by atoms with E-state index < -0.39 is 0 Å². The number of carbonyl (C=O) groups is 2. The maximum atomic E-state index is 12.5. The predicted octanol–water partition coefficient (Wildman–Crippen LogP) is 1.79. The Morgan fingerprint density at radius 2 is 1.96 bits per heavy atom. The zero-order valence-corrected chi connectivity index (χ0v) is 14.2. The molecular formula is C19H21N3O3. The summed E-state index contributed by atoms with van der Waals surface area (Å²) < 4.78 is 5.25. The van der Waals surface area contributed by atoms with Gasteiger partial charge in [-0.3, -0.25) is 14.6 Å². The number of benzene rings is 1. The molecule has 25 heavy (non-hydrogen) atoms. The van der Waals surface area contributed by atoms with Crippen LogP contribution in [0.3, 0.4) is 0 Å². The summed E-state index contributed by atoms with van der Waals surface area (Å²) >= 11 is 0. The van der Waals surface area contributed by atoms with Crippen LogP contribution in [0.15, 0.2) is 42.6 Å². The second kappa shape index (κ2) is 7.90. The van der Waals surface area contributed by atoms with E-state index in [1.54, 1.807) is 17.0 Å². The van der Waals surface area contributed by atoms with Crippen molar-refractivity contribution in [3.63, 3.8) is 0 Å². The number of pyridine rings is 1. The smallest absolute Gasteiger partial charge is 0.272 e. The van der Waals surface area contributed by atoms with Gasteiger partial charge in [0.1, 0.15) is 5.69 Å². The largest absolute Gasteiger partial charge is 0.378 e. The lowest BCUT2D eigenvalue weighted by Gasteiger charge is -2.26. The van der Waals surface area contributed by atoms with Gasteiger partial charge in [0.05, 0.1) is 13.2 Å². The maximum absolute atomic E-state index is 12.5. The molecule has 6 heteroatoms. The minimum Gasteiger partial charge on any atom is -0.378 e. The number of carbonyl (C=O) groups excluding carboxylic acids is 2. The average molecular weight is 339 g/mol. The molecule has 0 atom stereocenters. The minimum absolute atomic E-state index is 0.170. The number of morpholine rings is 1. The number of nitrogens with zero attached hydrogens (tertiary/aromatic N) is 2. The summed E-state index contributed by atoms with van der Waals surface area (Å²) in [5.74, 6) is -0.390. The lowest BCUT2D eigenvalue weighted by molar-refractivity contribution is 0.0299. The van der Waals surface area contributed by atoms with Crippen molar-refractivity contribution in [3.05, 3.63) is 65.0 Å². The fourth-order valence-electron chi connectivity index (χ4n) is 2.70. The molecule has 1 aromatic carbocycles. The minimum atomic E-state index is -0.221. The first-order valence-electron chi connectivity index (χ1n) is 8.31. The molecule has 0 bridgehead atoms. The molecule has 1 aromatic heterocycles. The highest BCUT2D eigenvalue weighted by Gasteiger charge is 2.20. The van der Waals surface area contributed by atoms with Crippen LogP contribution in [0.5, 0.6) is 0 Å². The Kier molecular flexibility index (Phi) is 5.40. The molecule has 0 spiro atoms. The van der Waals surface area contributed by atoms with Crippen LogP contribution in [0.25, 0.3) is 0 Å². The molecule has 3 rings (SSSR count). The molecule has 0 saturated carbocycles. The zero-order chi connectivity index (χ0) is 17.6. The van der Waals surface area contributed by atoms with Gasteiger partial charge < -0.3 is 15.0 Å². The van der Waals surface area contributed by atoms with E-state index in [-0.39, 0.29) is 17.5 Å². The van der Waals surface area contributed by atoms with Crippen LogP contribution in [-0.2, 0) is 11.3 Å². The van der Waals surface area contributed by atoms with Crippen molar-refractivity contribution in [1.82, 2.24) is 15.2 Å². The topological polar surface area (TPSA) is 71.5 Å². The summed E-state index contributed by atoms with van der Waals surface area (Å²) in [6.07, 6.45) is 1.50. The van der Waals surface area contributed by atoms with E-state index in [0.29, 0.717) is 38.4 Å². The van der Waals surface area contributed by atoms with Crippen LogP contribution in [0.4, 0.5) is 0 Å². The van der Waals surface area contributed by atoms with Crippen LogP contribution in [0.1, 0.15) is 32.0 Å². The molecule has 0 radical (unpaired) electrons. The quantitative estimate of drug-likeness (QED) is 0.922. The Morgan fingerprint density at radius 3 is 2.72 bits per heavy atom. The van der Waals surface area contributed by atoms with Crippen molar-refractivity contribution in [1.29, 1.82) is 0 Å². The SMILES string of the molecule is Cc1ccccc1CNC(=O)c1ccnc(C(=O)N2CCOCC2)c1. The molecular weight excluding hydrogens is 318 g/mol. The van der Waals surface area contributed by atoms with Crippen molar-refractivity contribution in [3.8, 4) is 0 Å². The maximum Gasteiger partial charge on any atom is 0.272 e. The van der Waals surface area contributed by atoms with Gasteiger partial charge in [0.2, 0.25) is 0 Å². The van der Waals surface area contributed by atoms with Crippen LogP contribution < -0.4 is 5.32 Å². The Bertz CT molecular complexity index is 770. The van der Waals surface area contributed by atoms with Crippen molar-refractivity contribution in [2.24, 2.45) is 0 Å². The second-order valence-corrected chi connectivity index (χ2v) is 5.94. The van der Waals surface area contributed by atoms with Gasteiger partial charge >= 0.3 is 0 Å². The van der Waals surface area contributed by atoms with Crippen LogP contribution in [-0.4, -0.2) is 48.0 Å².